The largest absolute Gasteiger partial charge is 0.495 e. The lowest BCUT2D eigenvalue weighted by atomic mass is 10.1. The number of nitrogens with zero attached hydrogens (tertiary/aromatic N) is 3. The first-order chi connectivity index (χ1) is 8.97. The zero-order chi connectivity index (χ0) is 14.4. The number of ether oxygens (including phenoxy) is 1. The van der Waals surface area contributed by atoms with Crippen molar-refractivity contribution in [1.82, 2.24) is 9.80 Å². The number of halogens is 1. The third-order valence-electron chi connectivity index (χ3n) is 2.69. The smallest absolute Gasteiger partial charge is 0.195 e. The van der Waals surface area contributed by atoms with Gasteiger partial charge in [0.05, 0.1) is 11.6 Å². The molecule has 0 radical (unpaired) electrons. The summed E-state index contributed by atoms with van der Waals surface area (Å²) in [5.74, 6) is 1.86. The molecule has 0 heterocycles. The molecular formula is C14H22BrN3O. The van der Waals surface area contributed by atoms with E-state index in [1.54, 1.807) is 7.11 Å². The Morgan fingerprint density at radius 1 is 1.21 bits per heavy atom. The highest BCUT2D eigenvalue weighted by atomic mass is 79.9. The Balaban J connectivity index is 2.77. The number of para-hydroxylation sites is 1. The van der Waals surface area contributed by atoms with Gasteiger partial charge in [0.2, 0.25) is 0 Å². The summed E-state index contributed by atoms with van der Waals surface area (Å²) < 4.78 is 6.40. The van der Waals surface area contributed by atoms with E-state index in [4.69, 9.17) is 4.74 Å². The van der Waals surface area contributed by atoms with Gasteiger partial charge in [0.25, 0.3) is 0 Å². The minimum atomic E-state index is 0.735. The molecule has 0 saturated heterocycles. The molecule has 0 aliphatic carbocycles. The van der Waals surface area contributed by atoms with Gasteiger partial charge in [-0.25, -0.2) is 0 Å². The van der Waals surface area contributed by atoms with Crippen LogP contribution >= 0.6 is 15.9 Å². The van der Waals surface area contributed by atoms with Crippen LogP contribution < -0.4 is 4.74 Å². The number of aliphatic imine (C=N–C) groups is 1. The summed E-state index contributed by atoms with van der Waals surface area (Å²) >= 11 is 3.50. The number of methoxy groups -OCH3 is 1. The molecule has 106 valence electrons. The molecule has 0 N–H and O–H groups in total. The van der Waals surface area contributed by atoms with Crippen LogP contribution in [0.1, 0.15) is 5.56 Å². The number of rotatable bonds is 4. The van der Waals surface area contributed by atoms with Crippen LogP contribution in [-0.2, 0) is 6.42 Å². The second-order valence-corrected chi connectivity index (χ2v) is 5.51. The lowest BCUT2D eigenvalue weighted by molar-refractivity contribution is 0.407. The molecule has 0 bridgehead atoms. The lowest BCUT2D eigenvalue weighted by Gasteiger charge is -2.22. The van der Waals surface area contributed by atoms with Crippen LogP contribution in [0.5, 0.6) is 5.75 Å². The predicted octanol–water partition coefficient (Wildman–Crippen LogP) is 2.48. The SMILES string of the molecule is COc1c(Br)cccc1CCN=C(N(C)C)N(C)C. The van der Waals surface area contributed by atoms with Crippen molar-refractivity contribution in [1.29, 1.82) is 0 Å². The Morgan fingerprint density at radius 3 is 2.37 bits per heavy atom. The molecule has 5 heteroatoms. The normalized spacial score (nSPS) is 10.0. The van der Waals surface area contributed by atoms with Crippen molar-refractivity contribution < 1.29 is 4.74 Å². The fourth-order valence-electron chi connectivity index (χ4n) is 1.94. The van der Waals surface area contributed by atoms with Crippen molar-refractivity contribution in [2.24, 2.45) is 4.99 Å². The van der Waals surface area contributed by atoms with E-state index in [9.17, 15) is 0 Å². The van der Waals surface area contributed by atoms with Gasteiger partial charge in [-0.15, -0.1) is 0 Å². The minimum absolute atomic E-state index is 0.735. The quantitative estimate of drug-likeness (QED) is 0.628. The summed E-state index contributed by atoms with van der Waals surface area (Å²) in [4.78, 5) is 8.64. The molecule has 0 unspecified atom stereocenters. The van der Waals surface area contributed by atoms with Gasteiger partial charge in [-0.05, 0) is 34.0 Å². The molecule has 0 aliphatic rings. The van der Waals surface area contributed by atoms with Crippen LogP contribution in [0, 0.1) is 0 Å². The maximum Gasteiger partial charge on any atom is 0.195 e. The fraction of sp³-hybridized carbons (Fsp3) is 0.500. The van der Waals surface area contributed by atoms with E-state index in [1.165, 1.54) is 0 Å². The van der Waals surface area contributed by atoms with Gasteiger partial charge in [0, 0.05) is 34.7 Å². The van der Waals surface area contributed by atoms with Gasteiger partial charge in [-0.1, -0.05) is 12.1 Å². The van der Waals surface area contributed by atoms with Gasteiger partial charge < -0.3 is 14.5 Å². The second-order valence-electron chi connectivity index (χ2n) is 4.65. The molecule has 4 nitrogen and oxygen atoms in total. The number of hydrogen-bond donors (Lipinski definition) is 0. The average molecular weight is 328 g/mol. The molecule has 1 aromatic rings. The van der Waals surface area contributed by atoms with Crippen LogP contribution in [0.2, 0.25) is 0 Å². The van der Waals surface area contributed by atoms with Crippen molar-refractivity contribution in [2.45, 2.75) is 6.42 Å². The summed E-state index contributed by atoms with van der Waals surface area (Å²) in [5, 5.41) is 0. The maximum atomic E-state index is 5.41. The summed E-state index contributed by atoms with van der Waals surface area (Å²) in [5.41, 5.74) is 1.16. The molecule has 0 atom stereocenters. The van der Waals surface area contributed by atoms with E-state index in [1.807, 2.05) is 50.1 Å². The van der Waals surface area contributed by atoms with E-state index in [2.05, 4.69) is 27.0 Å². The topological polar surface area (TPSA) is 28.1 Å². The van der Waals surface area contributed by atoms with E-state index in [0.717, 1.165) is 34.7 Å². The number of benzene rings is 1. The van der Waals surface area contributed by atoms with E-state index >= 15 is 0 Å². The first-order valence-electron chi connectivity index (χ1n) is 6.17. The molecule has 1 rings (SSSR count). The molecule has 0 fully saturated rings. The highest BCUT2D eigenvalue weighted by Gasteiger charge is 2.07. The Bertz CT molecular complexity index is 434. The third-order valence-corrected chi connectivity index (χ3v) is 3.31. The molecule has 0 amide bonds. The van der Waals surface area contributed by atoms with Gasteiger partial charge >= 0.3 is 0 Å². The standard InChI is InChI=1S/C14H22BrN3O/c1-17(2)14(18(3)4)16-10-9-11-7-6-8-12(15)13(11)19-5/h6-8H,9-10H2,1-5H3. The van der Waals surface area contributed by atoms with Gasteiger partial charge in [0.1, 0.15) is 5.75 Å². The van der Waals surface area contributed by atoms with Crippen molar-refractivity contribution >= 4 is 21.9 Å². The molecule has 19 heavy (non-hydrogen) atoms. The third kappa shape index (κ3) is 4.42. The van der Waals surface area contributed by atoms with E-state index in [0.29, 0.717) is 0 Å². The van der Waals surface area contributed by atoms with Gasteiger partial charge in [0.15, 0.2) is 5.96 Å². The van der Waals surface area contributed by atoms with Crippen LogP contribution in [0.25, 0.3) is 0 Å². The minimum Gasteiger partial charge on any atom is -0.495 e. The second kappa shape index (κ2) is 7.38. The lowest BCUT2D eigenvalue weighted by Crippen LogP contribution is -2.35. The van der Waals surface area contributed by atoms with Crippen molar-refractivity contribution in [2.75, 3.05) is 41.8 Å². The Labute approximate surface area is 124 Å². The first-order valence-corrected chi connectivity index (χ1v) is 6.97. The van der Waals surface area contributed by atoms with Crippen LogP contribution in [0.15, 0.2) is 27.7 Å². The van der Waals surface area contributed by atoms with Crippen LogP contribution in [-0.4, -0.2) is 57.6 Å². The summed E-state index contributed by atoms with van der Waals surface area (Å²) in [6, 6.07) is 6.07. The predicted molar refractivity (Wildman–Crippen MR) is 84.1 cm³/mol. The summed E-state index contributed by atoms with van der Waals surface area (Å²) in [6.07, 6.45) is 0.855. The van der Waals surface area contributed by atoms with Crippen molar-refractivity contribution in [3.8, 4) is 5.75 Å². The van der Waals surface area contributed by atoms with Gasteiger partial charge in [-0.2, -0.15) is 0 Å². The highest BCUT2D eigenvalue weighted by molar-refractivity contribution is 9.10. The highest BCUT2D eigenvalue weighted by Crippen LogP contribution is 2.28. The van der Waals surface area contributed by atoms with Crippen LogP contribution in [0.4, 0.5) is 0 Å². The monoisotopic (exact) mass is 327 g/mol. The zero-order valence-electron chi connectivity index (χ0n) is 12.3. The summed E-state index contributed by atoms with van der Waals surface area (Å²) in [7, 11) is 9.69. The maximum absolute atomic E-state index is 5.41. The van der Waals surface area contributed by atoms with Crippen molar-refractivity contribution in [3.05, 3.63) is 28.2 Å². The number of hydrogen-bond acceptors (Lipinski definition) is 2. The number of guanidine groups is 1. The first kappa shape index (κ1) is 15.8. The van der Waals surface area contributed by atoms with Crippen LogP contribution in [0.3, 0.4) is 0 Å². The molecular weight excluding hydrogens is 306 g/mol. The molecule has 0 spiro atoms. The van der Waals surface area contributed by atoms with E-state index < -0.39 is 0 Å². The average Bonchev–Trinajstić information content (AvgIpc) is 2.33. The van der Waals surface area contributed by atoms with E-state index in [-0.39, 0.29) is 0 Å². The van der Waals surface area contributed by atoms with Crippen molar-refractivity contribution in [3.63, 3.8) is 0 Å². The summed E-state index contributed by atoms with van der Waals surface area (Å²) in [6.45, 7) is 0.735. The molecule has 1 aromatic carbocycles. The fourth-order valence-corrected chi connectivity index (χ4v) is 2.51. The molecule has 0 aliphatic heterocycles. The Kier molecular flexibility index (Phi) is 6.15. The van der Waals surface area contributed by atoms with Gasteiger partial charge in [-0.3, -0.25) is 4.99 Å². The molecule has 0 saturated carbocycles. The Hall–Kier alpha value is -1.23. The zero-order valence-corrected chi connectivity index (χ0v) is 13.9. The Morgan fingerprint density at radius 2 is 1.84 bits per heavy atom. The molecule has 0 aromatic heterocycles.